The van der Waals surface area contributed by atoms with Crippen molar-refractivity contribution in [2.45, 2.75) is 32.6 Å². The Balaban J connectivity index is 1.76. The maximum absolute atomic E-state index is 11.7. The summed E-state index contributed by atoms with van der Waals surface area (Å²) in [5, 5.41) is 8.99. The lowest BCUT2D eigenvalue weighted by atomic mass is 9.83. The van der Waals surface area contributed by atoms with Gasteiger partial charge in [-0.2, -0.15) is 4.98 Å². The van der Waals surface area contributed by atoms with Gasteiger partial charge in [-0.3, -0.25) is 9.89 Å². The number of H-pyrrole nitrogens is 1. The molecule has 94 valence electrons. The Morgan fingerprint density at radius 1 is 1.47 bits per heavy atom. The molecule has 0 unspecified atom stereocenters. The van der Waals surface area contributed by atoms with Crippen molar-refractivity contribution >= 4 is 11.9 Å². The van der Waals surface area contributed by atoms with Gasteiger partial charge in [-0.05, 0) is 24.7 Å². The summed E-state index contributed by atoms with van der Waals surface area (Å²) < 4.78 is 0. The minimum absolute atomic E-state index is 0.0987. The third-order valence-corrected chi connectivity index (χ3v) is 3.40. The number of aromatic amines is 1. The predicted octanol–water partition coefficient (Wildman–Crippen LogP) is 0.943. The van der Waals surface area contributed by atoms with Gasteiger partial charge >= 0.3 is 0 Å². The Kier molecular flexibility index (Phi) is 3.61. The SMILES string of the molecule is CC1CCC(CNC(=O)c2nc(N)n[nH]2)CC1. The Morgan fingerprint density at radius 3 is 2.76 bits per heavy atom. The first-order valence-corrected chi connectivity index (χ1v) is 6.11. The van der Waals surface area contributed by atoms with Crippen LogP contribution in [0.15, 0.2) is 0 Å². The normalized spacial score (nSPS) is 24.5. The summed E-state index contributed by atoms with van der Waals surface area (Å²) in [5.74, 6) is 1.48. The fourth-order valence-corrected chi connectivity index (χ4v) is 2.23. The summed E-state index contributed by atoms with van der Waals surface area (Å²) in [7, 11) is 0. The first kappa shape index (κ1) is 11.9. The van der Waals surface area contributed by atoms with E-state index in [1.165, 1.54) is 25.7 Å². The summed E-state index contributed by atoms with van der Waals surface area (Å²) >= 11 is 0. The topological polar surface area (TPSA) is 96.7 Å². The van der Waals surface area contributed by atoms with E-state index in [2.05, 4.69) is 27.4 Å². The summed E-state index contributed by atoms with van der Waals surface area (Å²) in [6, 6.07) is 0. The molecule has 0 saturated heterocycles. The van der Waals surface area contributed by atoms with Crippen LogP contribution in [0.3, 0.4) is 0 Å². The average molecular weight is 237 g/mol. The molecular weight excluding hydrogens is 218 g/mol. The van der Waals surface area contributed by atoms with Crippen LogP contribution in [0.2, 0.25) is 0 Å². The minimum atomic E-state index is -0.229. The summed E-state index contributed by atoms with van der Waals surface area (Å²) in [6.45, 7) is 3.00. The number of nitrogens with zero attached hydrogens (tertiary/aromatic N) is 2. The van der Waals surface area contributed by atoms with Crippen LogP contribution >= 0.6 is 0 Å². The number of carbonyl (C=O) groups is 1. The molecule has 1 amide bonds. The van der Waals surface area contributed by atoms with Crippen LogP contribution in [0, 0.1) is 11.8 Å². The number of hydrogen-bond acceptors (Lipinski definition) is 4. The highest BCUT2D eigenvalue weighted by Crippen LogP contribution is 2.27. The molecule has 0 atom stereocenters. The molecule has 6 nitrogen and oxygen atoms in total. The number of nitrogen functional groups attached to an aromatic ring is 1. The predicted molar refractivity (Wildman–Crippen MR) is 64.3 cm³/mol. The molecule has 1 aliphatic rings. The van der Waals surface area contributed by atoms with Crippen LogP contribution in [-0.4, -0.2) is 27.6 Å². The number of anilines is 1. The smallest absolute Gasteiger partial charge is 0.288 e. The maximum atomic E-state index is 11.7. The number of nitrogens with one attached hydrogen (secondary N) is 2. The molecule has 0 aromatic carbocycles. The minimum Gasteiger partial charge on any atom is -0.366 e. The van der Waals surface area contributed by atoms with E-state index in [0.29, 0.717) is 12.5 Å². The van der Waals surface area contributed by atoms with Crippen molar-refractivity contribution in [3.63, 3.8) is 0 Å². The summed E-state index contributed by atoms with van der Waals surface area (Å²) in [5.41, 5.74) is 5.34. The molecule has 6 heteroatoms. The first-order valence-electron chi connectivity index (χ1n) is 6.11. The molecule has 0 spiro atoms. The van der Waals surface area contributed by atoms with Crippen molar-refractivity contribution in [2.24, 2.45) is 11.8 Å². The molecule has 4 N–H and O–H groups in total. The Bertz CT molecular complexity index is 381. The highest BCUT2D eigenvalue weighted by molar-refractivity contribution is 5.90. The zero-order valence-electron chi connectivity index (χ0n) is 10.1. The van der Waals surface area contributed by atoms with E-state index in [0.717, 1.165) is 5.92 Å². The molecule has 2 rings (SSSR count). The zero-order chi connectivity index (χ0) is 12.3. The van der Waals surface area contributed by atoms with Gasteiger partial charge in [-0.15, -0.1) is 5.10 Å². The third-order valence-electron chi connectivity index (χ3n) is 3.40. The fraction of sp³-hybridized carbons (Fsp3) is 0.727. The highest BCUT2D eigenvalue weighted by atomic mass is 16.2. The van der Waals surface area contributed by atoms with Crippen molar-refractivity contribution in [1.82, 2.24) is 20.5 Å². The number of rotatable bonds is 3. The van der Waals surface area contributed by atoms with Crippen LogP contribution in [-0.2, 0) is 0 Å². The lowest BCUT2D eigenvalue weighted by Crippen LogP contribution is -2.31. The molecule has 1 aromatic rings. The van der Waals surface area contributed by atoms with Gasteiger partial charge in [0.15, 0.2) is 0 Å². The van der Waals surface area contributed by atoms with Gasteiger partial charge in [-0.1, -0.05) is 19.8 Å². The van der Waals surface area contributed by atoms with Gasteiger partial charge in [0, 0.05) is 6.54 Å². The number of nitrogens with two attached hydrogens (primary N) is 1. The van der Waals surface area contributed by atoms with E-state index in [4.69, 9.17) is 5.73 Å². The van der Waals surface area contributed by atoms with Gasteiger partial charge in [0.1, 0.15) is 0 Å². The van der Waals surface area contributed by atoms with Crippen LogP contribution in [0.1, 0.15) is 43.2 Å². The fourth-order valence-electron chi connectivity index (χ4n) is 2.23. The Labute approximate surface area is 100 Å². The van der Waals surface area contributed by atoms with Crippen LogP contribution < -0.4 is 11.1 Å². The van der Waals surface area contributed by atoms with Crippen LogP contribution in [0.25, 0.3) is 0 Å². The largest absolute Gasteiger partial charge is 0.366 e. The van der Waals surface area contributed by atoms with E-state index < -0.39 is 0 Å². The number of carbonyl (C=O) groups excluding carboxylic acids is 1. The van der Waals surface area contributed by atoms with Gasteiger partial charge in [0.25, 0.3) is 5.91 Å². The molecule has 17 heavy (non-hydrogen) atoms. The molecule has 1 heterocycles. The molecule has 1 fully saturated rings. The van der Waals surface area contributed by atoms with Crippen molar-refractivity contribution in [1.29, 1.82) is 0 Å². The molecule has 1 aromatic heterocycles. The standard InChI is InChI=1S/C11H19N5O/c1-7-2-4-8(5-3-7)6-13-10(17)9-14-11(12)16-15-9/h7-8H,2-6H2,1H3,(H,13,17)(H3,12,14,15,16). The van der Waals surface area contributed by atoms with Crippen molar-refractivity contribution < 1.29 is 4.79 Å². The quantitative estimate of drug-likeness (QED) is 0.729. The van der Waals surface area contributed by atoms with E-state index >= 15 is 0 Å². The molecule has 0 aliphatic heterocycles. The van der Waals surface area contributed by atoms with Gasteiger partial charge in [0.2, 0.25) is 11.8 Å². The van der Waals surface area contributed by atoms with E-state index in [9.17, 15) is 4.79 Å². The summed E-state index contributed by atoms with van der Waals surface area (Å²) in [4.78, 5) is 15.5. The zero-order valence-corrected chi connectivity index (χ0v) is 10.1. The maximum Gasteiger partial charge on any atom is 0.288 e. The second-order valence-corrected chi connectivity index (χ2v) is 4.88. The van der Waals surface area contributed by atoms with Crippen LogP contribution in [0.4, 0.5) is 5.95 Å². The van der Waals surface area contributed by atoms with Gasteiger partial charge < -0.3 is 11.1 Å². The van der Waals surface area contributed by atoms with Crippen molar-refractivity contribution in [3.8, 4) is 0 Å². The second-order valence-electron chi connectivity index (χ2n) is 4.88. The van der Waals surface area contributed by atoms with E-state index in [1.54, 1.807) is 0 Å². The van der Waals surface area contributed by atoms with Crippen molar-refractivity contribution in [2.75, 3.05) is 12.3 Å². The third kappa shape index (κ3) is 3.18. The Morgan fingerprint density at radius 2 is 2.18 bits per heavy atom. The average Bonchev–Trinajstić information content (AvgIpc) is 2.75. The molecule has 0 bridgehead atoms. The highest BCUT2D eigenvalue weighted by Gasteiger charge is 2.19. The van der Waals surface area contributed by atoms with Crippen molar-refractivity contribution in [3.05, 3.63) is 5.82 Å². The molecule has 1 saturated carbocycles. The molecular formula is C11H19N5O. The monoisotopic (exact) mass is 237 g/mol. The number of hydrogen-bond donors (Lipinski definition) is 3. The van der Waals surface area contributed by atoms with E-state index in [-0.39, 0.29) is 17.7 Å². The number of amides is 1. The summed E-state index contributed by atoms with van der Waals surface area (Å²) in [6.07, 6.45) is 4.91. The second kappa shape index (κ2) is 5.16. The molecule has 0 radical (unpaired) electrons. The Hall–Kier alpha value is -1.59. The first-order chi connectivity index (χ1) is 8.15. The molecule has 1 aliphatic carbocycles. The van der Waals surface area contributed by atoms with Crippen LogP contribution in [0.5, 0.6) is 0 Å². The van der Waals surface area contributed by atoms with E-state index in [1.807, 2.05) is 0 Å². The van der Waals surface area contributed by atoms with Gasteiger partial charge in [0.05, 0.1) is 0 Å². The lowest BCUT2D eigenvalue weighted by molar-refractivity contribution is 0.0932. The number of aromatic nitrogens is 3. The lowest BCUT2D eigenvalue weighted by Gasteiger charge is -2.25. The van der Waals surface area contributed by atoms with Gasteiger partial charge in [-0.25, -0.2) is 0 Å².